The molecular weight excluding hydrogens is 425 g/mol. The number of amides is 2. The van der Waals surface area contributed by atoms with Crippen LogP contribution in [0.5, 0.6) is 0 Å². The molecule has 5 nitrogen and oxygen atoms in total. The molecule has 0 unspecified atom stereocenters. The van der Waals surface area contributed by atoms with Gasteiger partial charge >= 0.3 is 0 Å². The van der Waals surface area contributed by atoms with E-state index in [-0.39, 0.29) is 11.8 Å². The molecule has 3 rings (SSSR count). The topological polar surface area (TPSA) is 63.1 Å². The number of rotatable bonds is 6. The van der Waals surface area contributed by atoms with Crippen LogP contribution in [0.15, 0.2) is 65.3 Å². The lowest BCUT2D eigenvalue weighted by molar-refractivity contribution is 0.0941. The molecule has 0 aliphatic heterocycles. The van der Waals surface area contributed by atoms with Crippen LogP contribution in [-0.4, -0.2) is 16.4 Å². The lowest BCUT2D eigenvalue weighted by atomic mass is 10.1. The molecule has 144 valence electrons. The average molecular weight is 444 g/mol. The Balaban J connectivity index is 1.63. The normalized spacial score (nSPS) is 10.5. The molecule has 0 saturated heterocycles. The molecule has 3 aromatic rings. The quantitative estimate of drug-likeness (QED) is 0.584. The zero-order valence-corrected chi connectivity index (χ0v) is 16.8. The van der Waals surface area contributed by atoms with Gasteiger partial charge in [-0.05, 0) is 70.9 Å². The summed E-state index contributed by atoms with van der Waals surface area (Å²) < 4.78 is 15.7. The van der Waals surface area contributed by atoms with Crippen LogP contribution in [0.2, 0.25) is 0 Å². The molecule has 28 heavy (non-hydrogen) atoms. The minimum atomic E-state index is -0.393. The third kappa shape index (κ3) is 4.86. The molecule has 0 aliphatic carbocycles. The molecule has 1 heterocycles. The maximum atomic E-state index is 13.0. The summed E-state index contributed by atoms with van der Waals surface area (Å²) in [7, 11) is 0. The molecule has 2 amide bonds. The Labute approximate surface area is 170 Å². The van der Waals surface area contributed by atoms with E-state index in [9.17, 15) is 14.0 Å². The Morgan fingerprint density at radius 3 is 2.54 bits per heavy atom. The van der Waals surface area contributed by atoms with E-state index < -0.39 is 5.82 Å². The highest BCUT2D eigenvalue weighted by atomic mass is 79.9. The molecule has 0 radical (unpaired) electrons. The fourth-order valence-electron chi connectivity index (χ4n) is 2.76. The van der Waals surface area contributed by atoms with E-state index in [0.29, 0.717) is 30.0 Å². The lowest BCUT2D eigenvalue weighted by Crippen LogP contribution is -2.25. The maximum Gasteiger partial charge on any atom is 0.268 e. The molecular formula is C21H19BrFN3O2. The Bertz CT molecular complexity index is 999. The van der Waals surface area contributed by atoms with Crippen LogP contribution < -0.4 is 10.6 Å². The third-order valence-corrected chi connectivity index (χ3v) is 4.61. The van der Waals surface area contributed by atoms with Crippen molar-refractivity contribution >= 4 is 33.4 Å². The molecule has 0 atom stereocenters. The van der Waals surface area contributed by atoms with Gasteiger partial charge in [0.15, 0.2) is 0 Å². The van der Waals surface area contributed by atoms with Crippen molar-refractivity contribution < 1.29 is 14.0 Å². The fraction of sp³-hybridized carbons (Fsp3) is 0.143. The van der Waals surface area contributed by atoms with Crippen LogP contribution in [0, 0.1) is 5.82 Å². The zero-order chi connectivity index (χ0) is 20.1. The van der Waals surface area contributed by atoms with Crippen molar-refractivity contribution in [2.45, 2.75) is 20.0 Å². The second kappa shape index (κ2) is 8.84. The largest absolute Gasteiger partial charge is 0.347 e. The number of aromatic nitrogens is 1. The number of hydrogen-bond donors (Lipinski definition) is 2. The predicted molar refractivity (Wildman–Crippen MR) is 110 cm³/mol. The summed E-state index contributed by atoms with van der Waals surface area (Å²) in [5, 5.41) is 5.66. The highest BCUT2D eigenvalue weighted by Crippen LogP contribution is 2.16. The van der Waals surface area contributed by atoms with Crippen molar-refractivity contribution in [3.63, 3.8) is 0 Å². The molecule has 0 saturated carbocycles. The maximum absolute atomic E-state index is 13.0. The Kier molecular flexibility index (Phi) is 6.26. The number of hydrogen-bond acceptors (Lipinski definition) is 2. The molecule has 0 fully saturated rings. The van der Waals surface area contributed by atoms with Crippen LogP contribution >= 0.6 is 15.9 Å². The molecule has 7 heteroatoms. The smallest absolute Gasteiger partial charge is 0.268 e. The summed E-state index contributed by atoms with van der Waals surface area (Å²) in [5.41, 5.74) is 2.39. The molecule has 0 spiro atoms. The second-order valence-electron chi connectivity index (χ2n) is 6.17. The van der Waals surface area contributed by atoms with E-state index in [1.165, 1.54) is 24.3 Å². The average Bonchev–Trinajstić information content (AvgIpc) is 3.08. The first-order valence-corrected chi connectivity index (χ1v) is 9.55. The number of anilines is 1. The van der Waals surface area contributed by atoms with Gasteiger partial charge in [-0.1, -0.05) is 12.1 Å². The van der Waals surface area contributed by atoms with E-state index in [0.717, 1.165) is 10.0 Å². The van der Waals surface area contributed by atoms with Crippen molar-refractivity contribution in [1.29, 1.82) is 0 Å². The first kappa shape index (κ1) is 19.8. The Morgan fingerprint density at radius 1 is 1.07 bits per heavy atom. The number of carbonyl (C=O) groups is 2. The van der Waals surface area contributed by atoms with Crippen molar-refractivity contribution in [2.75, 3.05) is 5.32 Å². The number of aryl methyl sites for hydroxylation is 1. The number of halogens is 2. The molecule has 0 aliphatic rings. The second-order valence-corrected chi connectivity index (χ2v) is 7.09. The number of nitrogens with zero attached hydrogens (tertiary/aromatic N) is 1. The van der Waals surface area contributed by atoms with Crippen LogP contribution in [-0.2, 0) is 13.1 Å². The van der Waals surface area contributed by atoms with Crippen LogP contribution in [0.4, 0.5) is 10.1 Å². The fourth-order valence-corrected chi connectivity index (χ4v) is 3.23. The number of carbonyl (C=O) groups excluding carboxylic acids is 2. The van der Waals surface area contributed by atoms with Gasteiger partial charge in [0.05, 0.1) is 0 Å². The van der Waals surface area contributed by atoms with E-state index in [1.54, 1.807) is 24.3 Å². The monoisotopic (exact) mass is 443 g/mol. The van der Waals surface area contributed by atoms with Gasteiger partial charge in [-0.3, -0.25) is 9.59 Å². The van der Waals surface area contributed by atoms with E-state index in [2.05, 4.69) is 26.6 Å². The summed E-state index contributed by atoms with van der Waals surface area (Å²) in [5.74, 6) is -0.893. The summed E-state index contributed by atoms with van der Waals surface area (Å²) in [6, 6.07) is 14.3. The summed E-state index contributed by atoms with van der Waals surface area (Å²) in [4.78, 5) is 24.7. The van der Waals surface area contributed by atoms with Crippen LogP contribution in [0.3, 0.4) is 0 Å². The van der Waals surface area contributed by atoms with E-state index >= 15 is 0 Å². The number of benzene rings is 2. The van der Waals surface area contributed by atoms with Crippen LogP contribution in [0.1, 0.15) is 33.3 Å². The number of nitrogens with one attached hydrogen (secondary N) is 2. The first-order chi connectivity index (χ1) is 13.5. The van der Waals surface area contributed by atoms with Gasteiger partial charge in [0.1, 0.15) is 11.5 Å². The van der Waals surface area contributed by atoms with Gasteiger partial charge in [0, 0.05) is 35.0 Å². The molecule has 2 aromatic carbocycles. The van der Waals surface area contributed by atoms with Crippen molar-refractivity contribution in [2.24, 2.45) is 0 Å². The van der Waals surface area contributed by atoms with Gasteiger partial charge in [-0.2, -0.15) is 0 Å². The highest BCUT2D eigenvalue weighted by molar-refractivity contribution is 9.10. The SMILES string of the molecule is CCn1cc(Br)cc1C(=O)NCc1cccc(NC(=O)c2ccc(F)cc2)c1. The van der Waals surface area contributed by atoms with Gasteiger partial charge in [0.25, 0.3) is 11.8 Å². The standard InChI is InChI=1S/C21H19BrFN3O2/c1-2-26-13-16(22)11-19(26)21(28)24-12-14-4-3-5-18(10-14)25-20(27)15-6-8-17(23)9-7-15/h3-11,13H,2,12H2,1H3,(H,24,28)(H,25,27). The first-order valence-electron chi connectivity index (χ1n) is 8.76. The Morgan fingerprint density at radius 2 is 1.82 bits per heavy atom. The van der Waals surface area contributed by atoms with Gasteiger partial charge < -0.3 is 15.2 Å². The molecule has 1 aromatic heterocycles. The Hall–Kier alpha value is -2.93. The zero-order valence-electron chi connectivity index (χ0n) is 15.2. The van der Waals surface area contributed by atoms with Crippen molar-refractivity contribution in [1.82, 2.24) is 9.88 Å². The summed E-state index contributed by atoms with van der Waals surface area (Å²) in [6.07, 6.45) is 1.86. The minimum absolute atomic E-state index is 0.173. The predicted octanol–water partition coefficient (Wildman–Crippen LogP) is 4.59. The summed E-state index contributed by atoms with van der Waals surface area (Å²) in [6.45, 7) is 2.99. The third-order valence-electron chi connectivity index (χ3n) is 4.18. The van der Waals surface area contributed by atoms with E-state index in [1.807, 2.05) is 23.8 Å². The van der Waals surface area contributed by atoms with E-state index in [4.69, 9.17) is 0 Å². The lowest BCUT2D eigenvalue weighted by Gasteiger charge is -2.10. The van der Waals surface area contributed by atoms with Gasteiger partial charge in [-0.25, -0.2) is 4.39 Å². The van der Waals surface area contributed by atoms with Crippen LogP contribution in [0.25, 0.3) is 0 Å². The minimum Gasteiger partial charge on any atom is -0.347 e. The van der Waals surface area contributed by atoms with Gasteiger partial charge in [-0.15, -0.1) is 0 Å². The van der Waals surface area contributed by atoms with Crippen molar-refractivity contribution in [3.05, 3.63) is 87.9 Å². The van der Waals surface area contributed by atoms with Crippen molar-refractivity contribution in [3.8, 4) is 0 Å². The molecule has 0 bridgehead atoms. The highest BCUT2D eigenvalue weighted by Gasteiger charge is 2.12. The summed E-state index contributed by atoms with van der Waals surface area (Å²) >= 11 is 3.38. The molecule has 2 N–H and O–H groups in total. The van der Waals surface area contributed by atoms with Gasteiger partial charge in [0.2, 0.25) is 0 Å².